The van der Waals surface area contributed by atoms with E-state index in [1.165, 1.54) is 17.6 Å². The molecule has 17 heavy (non-hydrogen) atoms. The number of rotatable bonds is 2. The first kappa shape index (κ1) is 10.9. The number of hydrogen-bond donors (Lipinski definition) is 1. The van der Waals surface area contributed by atoms with Gasteiger partial charge in [-0.05, 0) is 31.8 Å². The van der Waals surface area contributed by atoms with Crippen LogP contribution < -0.4 is 0 Å². The zero-order valence-electron chi connectivity index (χ0n) is 10.2. The Morgan fingerprint density at radius 1 is 1.53 bits per heavy atom. The molecule has 0 aromatic carbocycles. The lowest BCUT2D eigenvalue weighted by molar-refractivity contribution is 0.104. The van der Waals surface area contributed by atoms with Crippen molar-refractivity contribution in [2.45, 2.75) is 25.9 Å². The van der Waals surface area contributed by atoms with E-state index in [4.69, 9.17) is 4.74 Å². The van der Waals surface area contributed by atoms with Gasteiger partial charge >= 0.3 is 0 Å². The van der Waals surface area contributed by atoms with Gasteiger partial charge in [0, 0.05) is 30.4 Å². The van der Waals surface area contributed by atoms with Crippen molar-refractivity contribution in [3.8, 4) is 0 Å². The van der Waals surface area contributed by atoms with Crippen molar-refractivity contribution in [3.63, 3.8) is 0 Å². The van der Waals surface area contributed by atoms with Gasteiger partial charge in [0.15, 0.2) is 0 Å². The maximum absolute atomic E-state index is 9.44. The van der Waals surface area contributed by atoms with Gasteiger partial charge in [-0.15, -0.1) is 0 Å². The van der Waals surface area contributed by atoms with Crippen molar-refractivity contribution in [1.82, 2.24) is 4.90 Å². The van der Waals surface area contributed by atoms with Crippen molar-refractivity contribution in [2.24, 2.45) is 5.92 Å². The maximum Gasteiger partial charge on any atom is 0.148 e. The fourth-order valence-corrected chi connectivity index (χ4v) is 3.00. The van der Waals surface area contributed by atoms with Crippen molar-refractivity contribution in [3.05, 3.63) is 35.3 Å². The average Bonchev–Trinajstić information content (AvgIpc) is 2.60. The van der Waals surface area contributed by atoms with E-state index < -0.39 is 0 Å². The van der Waals surface area contributed by atoms with Gasteiger partial charge in [0.2, 0.25) is 0 Å². The molecule has 0 aromatic rings. The third-order valence-electron chi connectivity index (χ3n) is 3.95. The SMILES string of the molecule is CCN1C=C2C3=C(C=CCC3CC1)OC2CO. The normalized spacial score (nSPS) is 30.9. The molecule has 0 radical (unpaired) electrons. The summed E-state index contributed by atoms with van der Waals surface area (Å²) in [5.41, 5.74) is 2.55. The van der Waals surface area contributed by atoms with Crippen LogP contribution in [-0.2, 0) is 4.74 Å². The van der Waals surface area contributed by atoms with Gasteiger partial charge < -0.3 is 14.7 Å². The third-order valence-corrected chi connectivity index (χ3v) is 3.95. The number of ether oxygens (including phenoxy) is 1. The van der Waals surface area contributed by atoms with E-state index in [0.717, 1.165) is 25.3 Å². The standard InChI is InChI=1S/C14H19NO2/c1-2-15-7-6-10-4-3-5-12-14(10)11(8-15)13(9-16)17-12/h3,5,8,10,13,16H,2,4,6-7,9H2,1H3. The molecule has 2 aliphatic heterocycles. The zero-order valence-corrected chi connectivity index (χ0v) is 10.2. The Bertz CT molecular complexity index is 408. The van der Waals surface area contributed by atoms with Gasteiger partial charge in [0.1, 0.15) is 11.9 Å². The smallest absolute Gasteiger partial charge is 0.148 e. The van der Waals surface area contributed by atoms with Crippen molar-refractivity contribution < 1.29 is 9.84 Å². The van der Waals surface area contributed by atoms with Crippen LogP contribution in [0.4, 0.5) is 0 Å². The van der Waals surface area contributed by atoms with Crippen LogP contribution in [-0.4, -0.2) is 35.8 Å². The fourth-order valence-electron chi connectivity index (χ4n) is 3.00. The fraction of sp³-hybridized carbons (Fsp3) is 0.571. The van der Waals surface area contributed by atoms with Crippen LogP contribution >= 0.6 is 0 Å². The van der Waals surface area contributed by atoms with E-state index in [2.05, 4.69) is 30.2 Å². The zero-order chi connectivity index (χ0) is 11.8. The molecule has 2 heterocycles. The van der Waals surface area contributed by atoms with E-state index in [-0.39, 0.29) is 12.7 Å². The molecule has 2 unspecified atom stereocenters. The summed E-state index contributed by atoms with van der Waals surface area (Å²) >= 11 is 0. The first-order chi connectivity index (χ1) is 8.33. The highest BCUT2D eigenvalue weighted by Gasteiger charge is 2.37. The van der Waals surface area contributed by atoms with Gasteiger partial charge in [-0.25, -0.2) is 0 Å². The first-order valence-electron chi connectivity index (χ1n) is 6.47. The summed E-state index contributed by atoms with van der Waals surface area (Å²) in [4.78, 5) is 2.33. The molecule has 2 atom stereocenters. The largest absolute Gasteiger partial charge is 0.483 e. The summed E-state index contributed by atoms with van der Waals surface area (Å²) in [7, 11) is 0. The van der Waals surface area contributed by atoms with E-state index in [9.17, 15) is 5.11 Å². The first-order valence-corrected chi connectivity index (χ1v) is 6.47. The summed E-state index contributed by atoms with van der Waals surface area (Å²) in [6.45, 7) is 4.36. The lowest BCUT2D eigenvalue weighted by Gasteiger charge is -2.20. The number of hydrogen-bond acceptors (Lipinski definition) is 3. The van der Waals surface area contributed by atoms with Crippen LogP contribution in [0.3, 0.4) is 0 Å². The highest BCUT2D eigenvalue weighted by atomic mass is 16.5. The molecule has 0 amide bonds. The second-order valence-electron chi connectivity index (χ2n) is 4.90. The highest BCUT2D eigenvalue weighted by molar-refractivity contribution is 5.48. The van der Waals surface area contributed by atoms with Crippen LogP contribution in [0.25, 0.3) is 0 Å². The Kier molecular flexibility index (Phi) is 2.71. The summed E-state index contributed by atoms with van der Waals surface area (Å²) < 4.78 is 5.82. The molecule has 0 saturated carbocycles. The molecule has 1 aliphatic carbocycles. The molecule has 0 aromatic heterocycles. The molecule has 0 saturated heterocycles. The van der Waals surface area contributed by atoms with Gasteiger partial charge in [-0.2, -0.15) is 0 Å². The predicted molar refractivity (Wildman–Crippen MR) is 66.2 cm³/mol. The Hall–Kier alpha value is -1.22. The molecule has 3 heteroatoms. The molecule has 3 rings (SSSR count). The molecule has 3 aliphatic rings. The molecule has 0 fully saturated rings. The van der Waals surface area contributed by atoms with Crippen molar-refractivity contribution in [2.75, 3.05) is 19.7 Å². The van der Waals surface area contributed by atoms with E-state index in [1.807, 2.05) is 0 Å². The second-order valence-corrected chi connectivity index (χ2v) is 4.90. The topological polar surface area (TPSA) is 32.7 Å². The van der Waals surface area contributed by atoms with Crippen LogP contribution in [0.5, 0.6) is 0 Å². The number of aliphatic hydroxyl groups excluding tert-OH is 1. The lowest BCUT2D eigenvalue weighted by Crippen LogP contribution is -2.20. The molecular weight excluding hydrogens is 214 g/mol. The minimum Gasteiger partial charge on any atom is -0.483 e. The molecule has 1 N–H and O–H groups in total. The molecule has 3 nitrogen and oxygen atoms in total. The minimum atomic E-state index is -0.155. The van der Waals surface area contributed by atoms with Crippen LogP contribution in [0, 0.1) is 5.92 Å². The van der Waals surface area contributed by atoms with Gasteiger partial charge in [-0.1, -0.05) is 6.08 Å². The Morgan fingerprint density at radius 3 is 3.18 bits per heavy atom. The number of nitrogens with zero attached hydrogens (tertiary/aromatic N) is 1. The van der Waals surface area contributed by atoms with Crippen molar-refractivity contribution in [1.29, 1.82) is 0 Å². The molecule has 92 valence electrons. The summed E-state index contributed by atoms with van der Waals surface area (Å²) in [6, 6.07) is 0. The van der Waals surface area contributed by atoms with Gasteiger partial charge in [0.25, 0.3) is 0 Å². The Balaban J connectivity index is 2.03. The van der Waals surface area contributed by atoms with E-state index >= 15 is 0 Å². The average molecular weight is 233 g/mol. The number of allylic oxidation sites excluding steroid dienone is 2. The predicted octanol–water partition coefficient (Wildman–Crippen LogP) is 1.82. The Morgan fingerprint density at radius 2 is 2.41 bits per heavy atom. The van der Waals surface area contributed by atoms with Gasteiger partial charge in [0.05, 0.1) is 6.61 Å². The van der Waals surface area contributed by atoms with E-state index in [1.54, 1.807) is 0 Å². The second kappa shape index (κ2) is 4.22. The van der Waals surface area contributed by atoms with Crippen LogP contribution in [0.15, 0.2) is 35.3 Å². The maximum atomic E-state index is 9.44. The third kappa shape index (κ3) is 1.69. The van der Waals surface area contributed by atoms with Crippen LogP contribution in [0.2, 0.25) is 0 Å². The summed E-state index contributed by atoms with van der Waals surface area (Å²) in [5.74, 6) is 1.57. The quantitative estimate of drug-likeness (QED) is 0.789. The van der Waals surface area contributed by atoms with Crippen LogP contribution in [0.1, 0.15) is 19.8 Å². The number of aliphatic hydroxyl groups is 1. The minimum absolute atomic E-state index is 0.0664. The van der Waals surface area contributed by atoms with Crippen molar-refractivity contribution >= 4 is 0 Å². The summed E-state index contributed by atoms with van der Waals surface area (Å²) in [6.07, 6.45) is 8.59. The molecule has 0 spiro atoms. The Labute approximate surface area is 102 Å². The lowest BCUT2D eigenvalue weighted by atomic mass is 9.84. The highest BCUT2D eigenvalue weighted by Crippen LogP contribution is 2.43. The summed E-state index contributed by atoms with van der Waals surface area (Å²) in [5, 5.41) is 9.44. The molecular formula is C14H19NO2. The monoisotopic (exact) mass is 233 g/mol. The van der Waals surface area contributed by atoms with E-state index in [0.29, 0.717) is 5.92 Å². The van der Waals surface area contributed by atoms with Gasteiger partial charge in [-0.3, -0.25) is 0 Å². The molecule has 0 bridgehead atoms.